The first-order valence-corrected chi connectivity index (χ1v) is 10.8. The molecule has 0 aliphatic carbocycles. The van der Waals surface area contributed by atoms with Gasteiger partial charge in [-0.15, -0.1) is 0 Å². The fraction of sp³-hybridized carbons (Fsp3) is 0.192. The Bertz CT molecular complexity index is 1090. The number of hydrogen-bond acceptors (Lipinski definition) is 3. The Labute approximate surface area is 192 Å². The van der Waals surface area contributed by atoms with Crippen LogP contribution in [0.15, 0.2) is 84.9 Å². The van der Waals surface area contributed by atoms with Gasteiger partial charge >= 0.3 is 12.0 Å². The van der Waals surface area contributed by atoms with Crippen LogP contribution in [-0.4, -0.2) is 34.5 Å². The highest BCUT2D eigenvalue weighted by Gasteiger charge is 2.38. The molecule has 1 aliphatic rings. The van der Waals surface area contributed by atoms with E-state index in [9.17, 15) is 14.4 Å². The van der Waals surface area contributed by atoms with E-state index in [0.29, 0.717) is 5.69 Å². The van der Waals surface area contributed by atoms with Gasteiger partial charge in [-0.2, -0.15) is 0 Å². The fourth-order valence-corrected chi connectivity index (χ4v) is 4.32. The lowest BCUT2D eigenvalue weighted by molar-refractivity contribution is -0.133. The minimum absolute atomic E-state index is 0.0670. The van der Waals surface area contributed by atoms with Gasteiger partial charge in [-0.1, -0.05) is 66.7 Å². The molecule has 33 heavy (non-hydrogen) atoms. The number of carbonyl (C=O) groups is 3. The SMILES string of the molecule is O=C(NCC(=O)N1[C@@H](c2ccccc2)CC[C@H]1c1ccccc1)Nc1cccc(C(=O)O)c1. The van der Waals surface area contributed by atoms with Crippen molar-refractivity contribution in [2.24, 2.45) is 0 Å². The van der Waals surface area contributed by atoms with Crippen molar-refractivity contribution in [3.05, 3.63) is 102 Å². The summed E-state index contributed by atoms with van der Waals surface area (Å²) in [5, 5.41) is 14.3. The number of carbonyl (C=O) groups excluding carboxylic acids is 2. The van der Waals surface area contributed by atoms with E-state index in [1.807, 2.05) is 65.6 Å². The predicted octanol–water partition coefficient (Wildman–Crippen LogP) is 4.61. The summed E-state index contributed by atoms with van der Waals surface area (Å²) in [4.78, 5) is 38.7. The quantitative estimate of drug-likeness (QED) is 0.518. The van der Waals surface area contributed by atoms with Crippen LogP contribution in [0.1, 0.15) is 46.4 Å². The molecule has 0 unspecified atom stereocenters. The van der Waals surface area contributed by atoms with Crippen LogP contribution in [0, 0.1) is 0 Å². The molecule has 0 radical (unpaired) electrons. The van der Waals surface area contributed by atoms with E-state index in [2.05, 4.69) is 10.6 Å². The molecule has 2 atom stereocenters. The van der Waals surface area contributed by atoms with Crippen molar-refractivity contribution in [2.45, 2.75) is 24.9 Å². The second-order valence-corrected chi connectivity index (χ2v) is 7.92. The van der Waals surface area contributed by atoms with E-state index in [-0.39, 0.29) is 30.1 Å². The third kappa shape index (κ3) is 5.20. The van der Waals surface area contributed by atoms with Crippen LogP contribution in [0.25, 0.3) is 0 Å². The van der Waals surface area contributed by atoms with E-state index >= 15 is 0 Å². The number of nitrogens with one attached hydrogen (secondary N) is 2. The standard InChI is InChI=1S/C26H25N3O4/c30-24(17-27-26(33)28-21-13-7-12-20(16-21)25(31)32)29-22(18-8-3-1-4-9-18)14-15-23(29)19-10-5-2-6-11-19/h1-13,16,22-23H,14-15,17H2,(H,31,32)(H2,27,28,33)/t22-,23+. The summed E-state index contributed by atoms with van der Waals surface area (Å²) in [6.45, 7) is -0.170. The minimum atomic E-state index is -1.08. The van der Waals surface area contributed by atoms with Gasteiger partial charge in [0.1, 0.15) is 0 Å². The van der Waals surface area contributed by atoms with Crippen molar-refractivity contribution in [3.63, 3.8) is 0 Å². The van der Waals surface area contributed by atoms with Crippen LogP contribution in [-0.2, 0) is 4.79 Å². The molecule has 1 aliphatic heterocycles. The van der Waals surface area contributed by atoms with Crippen LogP contribution >= 0.6 is 0 Å². The maximum Gasteiger partial charge on any atom is 0.335 e. The van der Waals surface area contributed by atoms with Crippen molar-refractivity contribution in [3.8, 4) is 0 Å². The Balaban J connectivity index is 1.47. The second-order valence-electron chi connectivity index (χ2n) is 7.92. The minimum Gasteiger partial charge on any atom is -0.478 e. The summed E-state index contributed by atoms with van der Waals surface area (Å²) in [6.07, 6.45) is 1.67. The van der Waals surface area contributed by atoms with Gasteiger partial charge in [0.25, 0.3) is 0 Å². The van der Waals surface area contributed by atoms with Gasteiger partial charge in [0.2, 0.25) is 5.91 Å². The molecular weight excluding hydrogens is 418 g/mol. The molecule has 0 aromatic heterocycles. The van der Waals surface area contributed by atoms with Crippen LogP contribution in [0.4, 0.5) is 10.5 Å². The summed E-state index contributed by atoms with van der Waals surface area (Å²) < 4.78 is 0. The highest BCUT2D eigenvalue weighted by atomic mass is 16.4. The van der Waals surface area contributed by atoms with Crippen LogP contribution in [0.2, 0.25) is 0 Å². The van der Waals surface area contributed by atoms with Gasteiger partial charge in [-0.25, -0.2) is 9.59 Å². The molecule has 1 heterocycles. The molecule has 168 valence electrons. The fourth-order valence-electron chi connectivity index (χ4n) is 4.32. The molecule has 0 spiro atoms. The number of urea groups is 1. The molecule has 1 saturated heterocycles. The zero-order valence-electron chi connectivity index (χ0n) is 18.0. The molecule has 0 saturated carbocycles. The number of anilines is 1. The van der Waals surface area contributed by atoms with Crippen molar-refractivity contribution >= 4 is 23.6 Å². The Morgan fingerprint density at radius 1 is 0.818 bits per heavy atom. The smallest absolute Gasteiger partial charge is 0.335 e. The van der Waals surface area contributed by atoms with Gasteiger partial charge in [-0.05, 0) is 42.2 Å². The average molecular weight is 444 g/mol. The number of likely N-dealkylation sites (tertiary alicyclic amines) is 1. The largest absolute Gasteiger partial charge is 0.478 e. The Kier molecular flexibility index (Phi) is 6.69. The van der Waals surface area contributed by atoms with Gasteiger partial charge in [0, 0.05) is 5.69 Å². The second kappa shape index (κ2) is 9.99. The van der Waals surface area contributed by atoms with Gasteiger partial charge in [-0.3, -0.25) is 4.79 Å². The lowest BCUT2D eigenvalue weighted by Crippen LogP contribution is -2.42. The number of nitrogens with zero attached hydrogens (tertiary/aromatic N) is 1. The lowest BCUT2D eigenvalue weighted by Gasteiger charge is -2.31. The van der Waals surface area contributed by atoms with Gasteiger partial charge in [0.15, 0.2) is 0 Å². The van der Waals surface area contributed by atoms with Crippen LogP contribution in [0.3, 0.4) is 0 Å². The summed E-state index contributed by atoms with van der Waals surface area (Å²) in [7, 11) is 0. The van der Waals surface area contributed by atoms with Crippen LogP contribution in [0.5, 0.6) is 0 Å². The number of carboxylic acid groups (broad SMARTS) is 1. The van der Waals surface area contributed by atoms with Crippen molar-refractivity contribution in [2.75, 3.05) is 11.9 Å². The van der Waals surface area contributed by atoms with Crippen molar-refractivity contribution in [1.29, 1.82) is 0 Å². The molecule has 3 amide bonds. The highest BCUT2D eigenvalue weighted by Crippen LogP contribution is 2.43. The summed E-state index contributed by atoms with van der Waals surface area (Å²) >= 11 is 0. The molecule has 0 bridgehead atoms. The van der Waals surface area contributed by atoms with Crippen molar-refractivity contribution < 1.29 is 19.5 Å². The zero-order chi connectivity index (χ0) is 23.2. The van der Waals surface area contributed by atoms with E-state index in [1.54, 1.807) is 12.1 Å². The number of hydrogen-bond donors (Lipinski definition) is 3. The first-order chi connectivity index (χ1) is 16.0. The van der Waals surface area contributed by atoms with E-state index in [4.69, 9.17) is 5.11 Å². The molecule has 4 rings (SSSR count). The zero-order valence-corrected chi connectivity index (χ0v) is 18.0. The topological polar surface area (TPSA) is 98.7 Å². The number of benzene rings is 3. The highest BCUT2D eigenvalue weighted by molar-refractivity contribution is 5.94. The molecule has 3 N–H and O–H groups in total. The van der Waals surface area contributed by atoms with Crippen molar-refractivity contribution in [1.82, 2.24) is 10.2 Å². The molecule has 7 heteroatoms. The Morgan fingerprint density at radius 3 is 1.94 bits per heavy atom. The van der Waals surface area contributed by atoms with E-state index < -0.39 is 12.0 Å². The number of carboxylic acids is 1. The third-order valence-corrected chi connectivity index (χ3v) is 5.81. The summed E-state index contributed by atoms with van der Waals surface area (Å²) in [5.41, 5.74) is 2.54. The Hall–Kier alpha value is -4.13. The molecular formula is C26H25N3O4. The maximum absolute atomic E-state index is 13.3. The van der Waals surface area contributed by atoms with Crippen LogP contribution < -0.4 is 10.6 Å². The summed E-state index contributed by atoms with van der Waals surface area (Å²) in [6, 6.07) is 25.1. The lowest BCUT2D eigenvalue weighted by atomic mass is 10.0. The maximum atomic E-state index is 13.3. The molecule has 3 aromatic carbocycles. The first kappa shape index (κ1) is 22.1. The number of rotatable bonds is 6. The predicted molar refractivity (Wildman–Crippen MR) is 125 cm³/mol. The molecule has 1 fully saturated rings. The summed E-state index contributed by atoms with van der Waals surface area (Å²) in [5.74, 6) is -1.26. The van der Waals surface area contributed by atoms with Gasteiger partial charge in [0.05, 0.1) is 24.2 Å². The molecule has 3 aromatic rings. The third-order valence-electron chi connectivity index (χ3n) is 5.81. The number of amides is 3. The number of aromatic carboxylic acids is 1. The molecule has 7 nitrogen and oxygen atoms in total. The monoisotopic (exact) mass is 443 g/mol. The Morgan fingerprint density at radius 2 is 1.39 bits per heavy atom. The average Bonchev–Trinajstić information content (AvgIpc) is 3.29. The normalized spacial score (nSPS) is 17.4. The first-order valence-electron chi connectivity index (χ1n) is 10.8. The van der Waals surface area contributed by atoms with E-state index in [1.165, 1.54) is 12.1 Å². The van der Waals surface area contributed by atoms with Gasteiger partial charge < -0.3 is 20.6 Å². The van der Waals surface area contributed by atoms with E-state index in [0.717, 1.165) is 24.0 Å².